The minimum atomic E-state index is 0.479. The molecule has 4 rings (SSSR count). The molecule has 1 aliphatic carbocycles. The second kappa shape index (κ2) is 6.98. The van der Waals surface area contributed by atoms with Gasteiger partial charge in [0, 0.05) is 22.4 Å². The summed E-state index contributed by atoms with van der Waals surface area (Å²) in [5, 5.41) is 1.49. The van der Waals surface area contributed by atoms with Crippen LogP contribution >= 0.6 is 34.2 Å². The Morgan fingerprint density at radius 1 is 1.21 bits per heavy atom. The first kappa shape index (κ1) is 16.3. The van der Waals surface area contributed by atoms with Crippen LogP contribution in [0.4, 0.5) is 0 Å². The normalized spacial score (nSPS) is 20.2. The topological polar surface area (TPSA) is 39.9 Å². The second-order valence-corrected chi connectivity index (χ2v) is 7.76. The first-order chi connectivity index (χ1) is 11.7. The van der Waals surface area contributed by atoms with Gasteiger partial charge in [-0.2, -0.15) is 0 Å². The highest BCUT2D eigenvalue weighted by atomic mass is 127. The van der Waals surface area contributed by atoms with E-state index in [2.05, 4.69) is 55.5 Å². The molecule has 0 bridgehead atoms. The van der Waals surface area contributed by atoms with Crippen LogP contribution in [0.5, 0.6) is 0 Å². The molecule has 0 unspecified atom stereocenters. The fraction of sp³-hybridized carbons (Fsp3) is 0.333. The largest absolute Gasteiger partial charge is 0.376 e. The number of hydrogen-bond donors (Lipinski definition) is 0. The zero-order valence-electron chi connectivity index (χ0n) is 13.0. The lowest BCUT2D eigenvalue weighted by Crippen LogP contribution is -2.29. The smallest absolute Gasteiger partial charge is 0.146 e. The maximum Gasteiger partial charge on any atom is 0.146 e. The summed E-state index contributed by atoms with van der Waals surface area (Å²) >= 11 is 8.51. The summed E-state index contributed by atoms with van der Waals surface area (Å²) in [6.45, 7) is 1.51. The minimum Gasteiger partial charge on any atom is -0.376 e. The van der Waals surface area contributed by atoms with E-state index in [-0.39, 0.29) is 0 Å². The third-order valence-electron chi connectivity index (χ3n) is 4.59. The molecular weight excluding hydrogens is 437 g/mol. The van der Waals surface area contributed by atoms with Crippen molar-refractivity contribution in [2.75, 3.05) is 6.61 Å². The second-order valence-electron chi connectivity index (χ2n) is 6.24. The van der Waals surface area contributed by atoms with Gasteiger partial charge in [0.25, 0.3) is 0 Å². The van der Waals surface area contributed by atoms with Crippen LogP contribution in [0, 0.1) is 9.49 Å². The van der Waals surface area contributed by atoms with Gasteiger partial charge < -0.3 is 9.30 Å². The third-order valence-corrected chi connectivity index (χ3v) is 5.69. The molecule has 3 aromatic rings. The number of ether oxygens (including phenoxy) is 1. The van der Waals surface area contributed by atoms with Crippen LogP contribution < -0.4 is 0 Å². The Kier molecular flexibility index (Phi) is 4.74. The zero-order valence-corrected chi connectivity index (χ0v) is 15.9. The minimum absolute atomic E-state index is 0.479. The van der Waals surface area contributed by atoms with Crippen molar-refractivity contribution >= 4 is 45.2 Å². The summed E-state index contributed by atoms with van der Waals surface area (Å²) in [4.78, 5) is 8.51. The lowest BCUT2D eigenvalue weighted by atomic mass is 9.80. The predicted molar refractivity (Wildman–Crippen MR) is 103 cm³/mol. The highest BCUT2D eigenvalue weighted by Gasteiger charge is 2.32. The summed E-state index contributed by atoms with van der Waals surface area (Å²) in [7, 11) is 0. The van der Waals surface area contributed by atoms with E-state index in [0.717, 1.165) is 34.1 Å². The van der Waals surface area contributed by atoms with Crippen LogP contribution in [0.25, 0.3) is 11.0 Å². The van der Waals surface area contributed by atoms with Crippen LogP contribution in [0.15, 0.2) is 42.9 Å². The number of halogens is 2. The van der Waals surface area contributed by atoms with Gasteiger partial charge in [-0.3, -0.25) is 0 Å². The summed E-state index contributed by atoms with van der Waals surface area (Å²) in [6, 6.07) is 10.8. The van der Waals surface area contributed by atoms with Gasteiger partial charge in [-0.1, -0.05) is 41.9 Å². The van der Waals surface area contributed by atoms with Crippen molar-refractivity contribution in [2.45, 2.75) is 25.5 Å². The Labute approximate surface area is 159 Å². The van der Waals surface area contributed by atoms with Crippen LogP contribution in [0.2, 0.25) is 5.15 Å². The average Bonchev–Trinajstić information content (AvgIpc) is 2.88. The van der Waals surface area contributed by atoms with Crippen molar-refractivity contribution in [1.29, 1.82) is 0 Å². The summed E-state index contributed by atoms with van der Waals surface area (Å²) in [6.07, 6.45) is 5.92. The van der Waals surface area contributed by atoms with Gasteiger partial charge in [-0.05, 0) is 46.9 Å². The van der Waals surface area contributed by atoms with Gasteiger partial charge in [0.05, 0.1) is 12.0 Å². The molecule has 6 heteroatoms. The van der Waals surface area contributed by atoms with E-state index in [0.29, 0.717) is 23.7 Å². The molecule has 0 atom stereocenters. The van der Waals surface area contributed by atoms with Crippen molar-refractivity contribution in [3.8, 4) is 0 Å². The molecule has 4 nitrogen and oxygen atoms in total. The fourth-order valence-electron chi connectivity index (χ4n) is 3.26. The van der Waals surface area contributed by atoms with Crippen molar-refractivity contribution in [2.24, 2.45) is 5.92 Å². The molecule has 1 fully saturated rings. The van der Waals surface area contributed by atoms with Crippen molar-refractivity contribution < 1.29 is 4.74 Å². The van der Waals surface area contributed by atoms with Gasteiger partial charge in [0.1, 0.15) is 17.1 Å². The van der Waals surface area contributed by atoms with Crippen LogP contribution in [0.1, 0.15) is 24.4 Å². The van der Waals surface area contributed by atoms with Gasteiger partial charge >= 0.3 is 0 Å². The first-order valence-electron chi connectivity index (χ1n) is 8.00. The van der Waals surface area contributed by atoms with Crippen LogP contribution in [-0.4, -0.2) is 21.1 Å². The number of benzene rings is 1. The predicted octanol–water partition coefficient (Wildman–Crippen LogP) is 4.86. The quantitative estimate of drug-likeness (QED) is 0.409. The van der Waals surface area contributed by atoms with E-state index < -0.39 is 0 Å². The van der Waals surface area contributed by atoms with E-state index in [9.17, 15) is 0 Å². The Bertz CT molecular complexity index is 846. The molecule has 2 heterocycles. The molecule has 124 valence electrons. The summed E-state index contributed by atoms with van der Waals surface area (Å²) in [5.41, 5.74) is 2.17. The monoisotopic (exact) mass is 453 g/mol. The van der Waals surface area contributed by atoms with Crippen molar-refractivity contribution in [3.63, 3.8) is 0 Å². The average molecular weight is 454 g/mol. The summed E-state index contributed by atoms with van der Waals surface area (Å²) in [5.74, 6) is 0.617. The number of rotatable bonds is 5. The molecule has 1 aliphatic rings. The van der Waals surface area contributed by atoms with Gasteiger partial charge in [-0.15, -0.1) is 0 Å². The Balaban J connectivity index is 1.35. The van der Waals surface area contributed by atoms with Gasteiger partial charge in [0.15, 0.2) is 0 Å². The molecule has 0 spiro atoms. The van der Waals surface area contributed by atoms with E-state index >= 15 is 0 Å². The molecule has 1 saturated carbocycles. The molecule has 1 aromatic carbocycles. The molecule has 0 radical (unpaired) electrons. The molecule has 0 aliphatic heterocycles. The lowest BCUT2D eigenvalue weighted by Gasteiger charge is -2.36. The molecule has 0 amide bonds. The fourth-order valence-corrected chi connectivity index (χ4v) is 4.45. The highest BCUT2D eigenvalue weighted by Crippen LogP contribution is 2.41. The van der Waals surface area contributed by atoms with E-state index in [1.165, 1.54) is 11.9 Å². The van der Waals surface area contributed by atoms with Crippen molar-refractivity contribution in [1.82, 2.24) is 14.5 Å². The molecular formula is C18H17ClIN3O. The molecule has 0 N–H and O–H groups in total. The van der Waals surface area contributed by atoms with Crippen molar-refractivity contribution in [3.05, 3.63) is 57.1 Å². The van der Waals surface area contributed by atoms with Gasteiger partial charge in [-0.25, -0.2) is 9.97 Å². The molecule has 24 heavy (non-hydrogen) atoms. The maximum atomic E-state index is 6.21. The standard InChI is InChI=1S/C18H17ClIN3O/c19-17-16-15(20)8-23(18(16)22-11-21-17)14-6-13(7-14)10-24-9-12-4-2-1-3-5-12/h1-5,8,11,13-14H,6-7,9-10H2. The molecule has 2 aromatic heterocycles. The first-order valence-corrected chi connectivity index (χ1v) is 9.46. The van der Waals surface area contributed by atoms with Crippen LogP contribution in [0.3, 0.4) is 0 Å². The lowest BCUT2D eigenvalue weighted by molar-refractivity contribution is 0.0386. The number of fused-ring (bicyclic) bond motifs is 1. The van der Waals surface area contributed by atoms with Gasteiger partial charge in [0.2, 0.25) is 0 Å². The van der Waals surface area contributed by atoms with E-state index in [4.69, 9.17) is 16.3 Å². The number of aromatic nitrogens is 3. The highest BCUT2D eigenvalue weighted by molar-refractivity contribution is 14.1. The Morgan fingerprint density at radius 2 is 2.00 bits per heavy atom. The van der Waals surface area contributed by atoms with E-state index in [1.807, 2.05) is 18.2 Å². The third kappa shape index (κ3) is 3.17. The van der Waals surface area contributed by atoms with E-state index in [1.54, 1.807) is 0 Å². The SMILES string of the molecule is Clc1ncnc2c1c(I)cn2C1CC(COCc2ccccc2)C1. The number of hydrogen-bond acceptors (Lipinski definition) is 3. The Hall–Kier alpha value is -1.18. The van der Waals surface area contributed by atoms with Crippen LogP contribution in [-0.2, 0) is 11.3 Å². The molecule has 0 saturated heterocycles. The zero-order chi connectivity index (χ0) is 16.5. The number of nitrogens with zero attached hydrogens (tertiary/aromatic N) is 3. The Morgan fingerprint density at radius 3 is 2.79 bits per heavy atom. The summed E-state index contributed by atoms with van der Waals surface area (Å²) < 4.78 is 9.22. The maximum absolute atomic E-state index is 6.21.